The van der Waals surface area contributed by atoms with Crippen LogP contribution in [-0.2, 0) is 41.1 Å². The summed E-state index contributed by atoms with van der Waals surface area (Å²) in [5.74, 6) is -2.04. The Kier molecular flexibility index (Phi) is 10.8. The summed E-state index contributed by atoms with van der Waals surface area (Å²) in [5, 5.41) is 2.83. The molecule has 8 nitrogen and oxygen atoms in total. The number of esters is 2. The van der Waals surface area contributed by atoms with E-state index in [4.69, 9.17) is 9.47 Å². The van der Waals surface area contributed by atoms with Crippen molar-refractivity contribution >= 4 is 17.8 Å². The third-order valence-corrected chi connectivity index (χ3v) is 11.4. The number of amides is 1. The molecule has 1 aromatic carbocycles. The van der Waals surface area contributed by atoms with Crippen molar-refractivity contribution in [1.82, 2.24) is 15.1 Å². The monoisotopic (exact) mass is 670 g/mol. The van der Waals surface area contributed by atoms with Gasteiger partial charge in [-0.3, -0.25) is 14.6 Å². The molecule has 272 valence electrons. The lowest BCUT2D eigenvalue weighted by Gasteiger charge is -2.53. The highest BCUT2D eigenvalue weighted by Crippen LogP contribution is 2.41. The van der Waals surface area contributed by atoms with E-state index in [-0.39, 0.29) is 39.4 Å². The van der Waals surface area contributed by atoms with Gasteiger partial charge in [-0.2, -0.15) is 0 Å². The van der Waals surface area contributed by atoms with Crippen LogP contribution in [0.25, 0.3) is 0 Å². The van der Waals surface area contributed by atoms with E-state index < -0.39 is 35.6 Å². The average Bonchev–Trinajstić information content (AvgIpc) is 2.87. The molecule has 0 bridgehead atoms. The van der Waals surface area contributed by atoms with Gasteiger partial charge in [-0.05, 0) is 97.0 Å². The van der Waals surface area contributed by atoms with E-state index in [0.717, 1.165) is 16.7 Å². The maximum atomic E-state index is 14.8. The van der Waals surface area contributed by atoms with Gasteiger partial charge in [0.2, 0.25) is 11.4 Å². The summed E-state index contributed by atoms with van der Waals surface area (Å²) in [7, 11) is 4.19. The van der Waals surface area contributed by atoms with Crippen molar-refractivity contribution in [3.8, 4) is 0 Å². The number of nitrogens with one attached hydrogen (secondary N) is 1. The second-order valence-electron chi connectivity index (χ2n) is 19.4. The summed E-state index contributed by atoms with van der Waals surface area (Å²) < 4.78 is 12.7. The molecular formula is C40H67N3O5. The molecule has 2 heterocycles. The summed E-state index contributed by atoms with van der Waals surface area (Å²) in [5.41, 5.74) is -0.530. The van der Waals surface area contributed by atoms with Gasteiger partial charge in [0.05, 0.1) is 0 Å². The van der Waals surface area contributed by atoms with Crippen LogP contribution < -0.4 is 5.32 Å². The van der Waals surface area contributed by atoms with Gasteiger partial charge in [-0.1, -0.05) is 59.7 Å². The van der Waals surface area contributed by atoms with Crippen LogP contribution in [0.1, 0.15) is 146 Å². The van der Waals surface area contributed by atoms with E-state index in [1.807, 2.05) is 0 Å². The van der Waals surface area contributed by atoms with Crippen LogP contribution in [0, 0.1) is 0 Å². The Balaban J connectivity index is 2.18. The van der Waals surface area contributed by atoms with Gasteiger partial charge in [0, 0.05) is 61.2 Å². The van der Waals surface area contributed by atoms with E-state index in [0.29, 0.717) is 25.7 Å². The van der Waals surface area contributed by atoms with Gasteiger partial charge in [-0.15, -0.1) is 0 Å². The minimum atomic E-state index is -2.08. The topological polar surface area (TPSA) is 88.2 Å². The Bertz CT molecular complexity index is 1250. The third-order valence-electron chi connectivity index (χ3n) is 11.4. The van der Waals surface area contributed by atoms with Crippen molar-refractivity contribution in [3.05, 3.63) is 34.9 Å². The minimum Gasteiger partial charge on any atom is -0.460 e. The van der Waals surface area contributed by atoms with Gasteiger partial charge in [0.15, 0.2) is 0 Å². The van der Waals surface area contributed by atoms with Crippen molar-refractivity contribution in [3.63, 3.8) is 0 Å². The van der Waals surface area contributed by atoms with E-state index in [9.17, 15) is 14.4 Å². The number of carbonyl (C=O) groups excluding carboxylic acids is 3. The number of ether oxygens (including phenoxy) is 2. The zero-order chi connectivity index (χ0) is 37.1. The molecule has 0 unspecified atom stereocenters. The fraction of sp³-hybridized carbons (Fsp3) is 0.775. The quantitative estimate of drug-likeness (QED) is 0.245. The molecule has 2 saturated heterocycles. The Morgan fingerprint density at radius 3 is 1.25 bits per heavy atom. The molecule has 0 saturated carbocycles. The van der Waals surface area contributed by atoms with E-state index in [2.05, 4.69) is 144 Å². The van der Waals surface area contributed by atoms with Crippen LogP contribution in [0.15, 0.2) is 18.2 Å². The van der Waals surface area contributed by atoms with Crippen molar-refractivity contribution in [2.24, 2.45) is 0 Å². The lowest BCUT2D eigenvalue weighted by molar-refractivity contribution is -0.183. The van der Waals surface area contributed by atoms with Crippen LogP contribution in [0.4, 0.5) is 0 Å². The summed E-state index contributed by atoms with van der Waals surface area (Å²) >= 11 is 0. The highest BCUT2D eigenvalue weighted by molar-refractivity contribution is 6.08. The zero-order valence-corrected chi connectivity index (χ0v) is 33.4. The van der Waals surface area contributed by atoms with Crippen molar-refractivity contribution in [2.45, 2.75) is 187 Å². The van der Waals surface area contributed by atoms with Crippen LogP contribution in [0.2, 0.25) is 0 Å². The maximum Gasteiger partial charge on any atom is 0.344 e. The summed E-state index contributed by atoms with van der Waals surface area (Å²) in [6.45, 7) is 31.3. The number of rotatable bonds is 7. The molecule has 3 rings (SSSR count). The number of piperidine rings is 2. The number of benzene rings is 1. The Morgan fingerprint density at radius 2 is 0.979 bits per heavy atom. The molecule has 1 amide bonds. The summed E-state index contributed by atoms with van der Waals surface area (Å²) in [4.78, 5) is 47.2. The molecule has 0 atom stereocenters. The predicted octanol–water partition coefficient (Wildman–Crippen LogP) is 7.09. The Hall–Kier alpha value is -2.45. The minimum absolute atomic E-state index is 0.0872. The molecule has 2 fully saturated rings. The molecule has 0 aliphatic carbocycles. The normalized spacial score (nSPS) is 22.2. The SMILES string of the molecule is CC(=O)NC(Cc1cc(C(C)(C)C)cc(C(C)(C)C)c1)(C(=O)OC1CC(C)(C)N(C)C(C)(C)C1)C(=O)OC1CC(C)(C)N(C)C(C)(C)C1. The van der Waals surface area contributed by atoms with Crippen molar-refractivity contribution in [1.29, 1.82) is 0 Å². The van der Waals surface area contributed by atoms with E-state index >= 15 is 0 Å². The largest absolute Gasteiger partial charge is 0.460 e. The molecule has 2 aliphatic rings. The van der Waals surface area contributed by atoms with Gasteiger partial charge in [-0.25, -0.2) is 9.59 Å². The number of nitrogens with zero attached hydrogens (tertiary/aromatic N) is 2. The first-order valence-corrected chi connectivity index (χ1v) is 17.8. The summed E-state index contributed by atoms with van der Waals surface area (Å²) in [6.07, 6.45) is 1.38. The van der Waals surface area contributed by atoms with Crippen molar-refractivity contribution < 1.29 is 23.9 Å². The van der Waals surface area contributed by atoms with Gasteiger partial charge in [0.25, 0.3) is 0 Å². The molecule has 2 aliphatic heterocycles. The second-order valence-corrected chi connectivity index (χ2v) is 19.4. The van der Waals surface area contributed by atoms with Crippen molar-refractivity contribution in [2.75, 3.05) is 14.1 Å². The fourth-order valence-corrected chi connectivity index (χ4v) is 7.87. The Labute approximate surface area is 292 Å². The fourth-order valence-electron chi connectivity index (χ4n) is 7.87. The maximum absolute atomic E-state index is 14.8. The number of hydrogen-bond acceptors (Lipinski definition) is 7. The number of carbonyl (C=O) groups is 3. The van der Waals surface area contributed by atoms with Gasteiger partial charge < -0.3 is 14.8 Å². The van der Waals surface area contributed by atoms with Crippen LogP contribution >= 0.6 is 0 Å². The van der Waals surface area contributed by atoms with Gasteiger partial charge in [0.1, 0.15) is 12.2 Å². The summed E-state index contributed by atoms with van der Waals surface area (Å²) in [6, 6.07) is 6.30. The molecule has 0 radical (unpaired) electrons. The van der Waals surface area contributed by atoms with Crippen LogP contribution in [-0.4, -0.2) is 81.6 Å². The van der Waals surface area contributed by atoms with E-state index in [1.54, 1.807) is 0 Å². The molecule has 0 aromatic heterocycles. The van der Waals surface area contributed by atoms with E-state index in [1.165, 1.54) is 6.92 Å². The lowest BCUT2D eigenvalue weighted by atomic mass is 9.77. The molecule has 1 N–H and O–H groups in total. The third kappa shape index (κ3) is 8.64. The van der Waals surface area contributed by atoms with Gasteiger partial charge >= 0.3 is 11.9 Å². The molecule has 0 spiro atoms. The smallest absolute Gasteiger partial charge is 0.344 e. The zero-order valence-electron chi connectivity index (χ0n) is 33.4. The van der Waals surface area contributed by atoms with Crippen LogP contribution in [0.5, 0.6) is 0 Å². The lowest BCUT2D eigenvalue weighted by Crippen LogP contribution is -2.66. The first-order chi connectivity index (χ1) is 21.4. The first-order valence-electron chi connectivity index (χ1n) is 17.8. The Morgan fingerprint density at radius 1 is 0.667 bits per heavy atom. The highest BCUT2D eigenvalue weighted by Gasteiger charge is 2.55. The highest BCUT2D eigenvalue weighted by atomic mass is 16.6. The average molecular weight is 670 g/mol. The molecule has 1 aromatic rings. The second kappa shape index (κ2) is 13.0. The van der Waals surface area contributed by atoms with Crippen LogP contribution in [0.3, 0.4) is 0 Å². The first kappa shape index (κ1) is 40.0. The predicted molar refractivity (Wildman–Crippen MR) is 194 cm³/mol. The number of likely N-dealkylation sites (tertiary alicyclic amines) is 2. The number of hydrogen-bond donors (Lipinski definition) is 1. The standard InChI is InChI=1S/C40H67N3O5/c1-26(44)41-40(32(45)47-30-22-36(8,9)42(16)37(10,11)23-30,33(46)48-31-24-38(12,13)43(17)39(14,15)25-31)21-27-18-28(34(2,3)4)20-29(19-27)35(5,6)7/h18-20,30-31H,21-25H2,1-17H3,(H,41,44). The molecular weight excluding hydrogens is 602 g/mol. The molecule has 8 heteroatoms. The molecule has 48 heavy (non-hydrogen) atoms.